The van der Waals surface area contributed by atoms with Gasteiger partial charge < -0.3 is 19.3 Å². The van der Waals surface area contributed by atoms with Crippen LogP contribution in [0.25, 0.3) is 0 Å². The minimum Gasteiger partial charge on any atom is -0.491 e. The molecule has 6 heteroatoms. The lowest BCUT2D eigenvalue weighted by Crippen LogP contribution is -2.55. The van der Waals surface area contributed by atoms with Crippen LogP contribution in [0, 0.1) is 0 Å². The molecule has 1 heterocycles. The van der Waals surface area contributed by atoms with Gasteiger partial charge in [-0.3, -0.25) is 4.90 Å². The molecule has 1 aromatic carbocycles. The zero-order chi connectivity index (χ0) is 17.6. The number of aliphatic hydroxyl groups excluding tert-OH is 1. The summed E-state index contributed by atoms with van der Waals surface area (Å²) in [7, 11) is 1.35. The fourth-order valence-electron chi connectivity index (χ4n) is 3.72. The predicted octanol–water partition coefficient (Wildman–Crippen LogP) is 1.86. The normalized spacial score (nSPS) is 25.0. The van der Waals surface area contributed by atoms with Crippen molar-refractivity contribution in [2.75, 3.05) is 33.4 Å². The summed E-state index contributed by atoms with van der Waals surface area (Å²) >= 11 is 0. The van der Waals surface area contributed by atoms with Crippen LogP contribution in [0.3, 0.4) is 0 Å². The van der Waals surface area contributed by atoms with E-state index in [0.717, 1.165) is 26.0 Å². The van der Waals surface area contributed by atoms with E-state index in [-0.39, 0.29) is 12.6 Å². The van der Waals surface area contributed by atoms with E-state index < -0.39 is 6.10 Å². The van der Waals surface area contributed by atoms with Gasteiger partial charge >= 0.3 is 5.97 Å². The van der Waals surface area contributed by atoms with E-state index in [0.29, 0.717) is 30.0 Å². The Balaban J connectivity index is 1.47. The van der Waals surface area contributed by atoms with Gasteiger partial charge in [0, 0.05) is 19.1 Å². The van der Waals surface area contributed by atoms with Gasteiger partial charge in [0.25, 0.3) is 0 Å². The first kappa shape index (κ1) is 18.2. The molecule has 1 saturated carbocycles. The number of morpholine rings is 1. The quantitative estimate of drug-likeness (QED) is 0.791. The Labute approximate surface area is 148 Å². The topological polar surface area (TPSA) is 68.2 Å². The highest BCUT2D eigenvalue weighted by molar-refractivity contribution is 5.89. The first-order valence-electron chi connectivity index (χ1n) is 9.02. The first-order valence-corrected chi connectivity index (χ1v) is 9.02. The second kappa shape index (κ2) is 8.65. The maximum absolute atomic E-state index is 11.4. The average molecular weight is 349 g/mol. The number of benzene rings is 1. The molecule has 2 fully saturated rings. The number of hydrogen-bond acceptors (Lipinski definition) is 6. The molecule has 0 unspecified atom stereocenters. The van der Waals surface area contributed by atoms with Crippen molar-refractivity contribution in [3.8, 4) is 5.75 Å². The summed E-state index contributed by atoms with van der Waals surface area (Å²) in [6, 6.07) is 7.16. The minimum absolute atomic E-state index is 0.228. The zero-order valence-corrected chi connectivity index (χ0v) is 14.7. The molecule has 3 atom stereocenters. The Morgan fingerprint density at radius 3 is 2.84 bits per heavy atom. The highest BCUT2D eigenvalue weighted by Gasteiger charge is 2.34. The summed E-state index contributed by atoms with van der Waals surface area (Å²) in [4.78, 5) is 13.8. The van der Waals surface area contributed by atoms with Crippen molar-refractivity contribution in [3.05, 3.63) is 29.8 Å². The Kier molecular flexibility index (Phi) is 6.29. The molecular weight excluding hydrogens is 322 g/mol. The van der Waals surface area contributed by atoms with Crippen LogP contribution in [0.2, 0.25) is 0 Å². The largest absolute Gasteiger partial charge is 0.491 e. The number of carbonyl (C=O) groups is 1. The minimum atomic E-state index is -0.555. The predicted molar refractivity (Wildman–Crippen MR) is 92.9 cm³/mol. The number of carbonyl (C=O) groups excluding carboxylic acids is 1. The summed E-state index contributed by atoms with van der Waals surface area (Å²) < 4.78 is 16.2. The van der Waals surface area contributed by atoms with Gasteiger partial charge in [-0.05, 0) is 37.1 Å². The Hall–Kier alpha value is -1.63. The van der Waals surface area contributed by atoms with Crippen molar-refractivity contribution >= 4 is 5.97 Å². The summed E-state index contributed by atoms with van der Waals surface area (Å²) in [5.41, 5.74) is 0.479. The van der Waals surface area contributed by atoms with Crippen LogP contribution < -0.4 is 4.74 Å². The maximum Gasteiger partial charge on any atom is 0.337 e. The Morgan fingerprint density at radius 2 is 2.08 bits per heavy atom. The molecule has 0 spiro atoms. The lowest BCUT2D eigenvalue weighted by Gasteiger charge is -2.44. The summed E-state index contributed by atoms with van der Waals surface area (Å²) in [5.74, 6) is 0.255. The van der Waals surface area contributed by atoms with E-state index in [2.05, 4.69) is 9.64 Å². The van der Waals surface area contributed by atoms with E-state index in [9.17, 15) is 9.90 Å². The van der Waals surface area contributed by atoms with Gasteiger partial charge in [0.05, 0.1) is 25.4 Å². The molecule has 0 bridgehead atoms. The fourth-order valence-corrected chi connectivity index (χ4v) is 3.72. The third-order valence-corrected chi connectivity index (χ3v) is 5.01. The number of hydrogen-bond donors (Lipinski definition) is 1. The van der Waals surface area contributed by atoms with E-state index >= 15 is 0 Å². The number of fused-ring (bicyclic) bond motifs is 1. The van der Waals surface area contributed by atoms with Gasteiger partial charge in [0.15, 0.2) is 0 Å². The number of rotatable bonds is 6. The molecule has 1 aromatic rings. The van der Waals surface area contributed by atoms with E-state index in [1.165, 1.54) is 20.0 Å². The molecule has 6 nitrogen and oxygen atoms in total. The number of ether oxygens (including phenoxy) is 3. The van der Waals surface area contributed by atoms with Gasteiger partial charge in [-0.15, -0.1) is 0 Å². The Bertz CT molecular complexity index is 559. The summed E-state index contributed by atoms with van der Waals surface area (Å²) in [6.07, 6.45) is 4.51. The SMILES string of the molecule is COC(=O)c1ccc(OC[C@H](O)CN2CCO[C@H]3CCCC[C@@H]32)cc1. The van der Waals surface area contributed by atoms with Crippen molar-refractivity contribution in [2.24, 2.45) is 0 Å². The smallest absolute Gasteiger partial charge is 0.337 e. The number of nitrogens with zero attached hydrogens (tertiary/aromatic N) is 1. The van der Waals surface area contributed by atoms with E-state index in [4.69, 9.17) is 9.47 Å². The molecule has 1 saturated heterocycles. The highest BCUT2D eigenvalue weighted by Crippen LogP contribution is 2.28. The Morgan fingerprint density at radius 1 is 1.32 bits per heavy atom. The first-order chi connectivity index (χ1) is 12.2. The monoisotopic (exact) mass is 349 g/mol. The van der Waals surface area contributed by atoms with Crippen molar-refractivity contribution in [1.29, 1.82) is 0 Å². The third-order valence-electron chi connectivity index (χ3n) is 5.01. The molecule has 0 aromatic heterocycles. The maximum atomic E-state index is 11.4. The van der Waals surface area contributed by atoms with Gasteiger partial charge in [-0.2, -0.15) is 0 Å². The number of esters is 1. The van der Waals surface area contributed by atoms with Crippen LogP contribution >= 0.6 is 0 Å². The lowest BCUT2D eigenvalue weighted by molar-refractivity contribution is -0.0992. The van der Waals surface area contributed by atoms with Crippen molar-refractivity contribution in [3.63, 3.8) is 0 Å². The summed E-state index contributed by atoms with van der Waals surface area (Å²) in [5, 5.41) is 10.4. The van der Waals surface area contributed by atoms with Crippen molar-refractivity contribution in [2.45, 2.75) is 43.9 Å². The van der Waals surface area contributed by atoms with Crippen LogP contribution in [0.4, 0.5) is 0 Å². The molecule has 25 heavy (non-hydrogen) atoms. The van der Waals surface area contributed by atoms with Gasteiger partial charge in [-0.25, -0.2) is 4.79 Å². The molecular formula is C19H27NO5. The van der Waals surface area contributed by atoms with E-state index in [1.807, 2.05) is 0 Å². The number of aliphatic hydroxyl groups is 1. The van der Waals surface area contributed by atoms with Gasteiger partial charge in [0.2, 0.25) is 0 Å². The van der Waals surface area contributed by atoms with Crippen LogP contribution in [0.5, 0.6) is 5.75 Å². The molecule has 0 amide bonds. The lowest BCUT2D eigenvalue weighted by atomic mass is 9.90. The summed E-state index contributed by atoms with van der Waals surface area (Å²) in [6.45, 7) is 2.44. The van der Waals surface area contributed by atoms with Crippen LogP contribution in [0.15, 0.2) is 24.3 Å². The fraction of sp³-hybridized carbons (Fsp3) is 0.632. The molecule has 138 valence electrons. The van der Waals surface area contributed by atoms with Crippen LogP contribution in [0.1, 0.15) is 36.0 Å². The molecule has 1 aliphatic heterocycles. The highest BCUT2D eigenvalue weighted by atomic mass is 16.5. The zero-order valence-electron chi connectivity index (χ0n) is 14.7. The number of methoxy groups -OCH3 is 1. The van der Waals surface area contributed by atoms with Crippen molar-refractivity contribution < 1.29 is 24.1 Å². The van der Waals surface area contributed by atoms with Gasteiger partial charge in [-0.1, -0.05) is 12.8 Å². The van der Waals surface area contributed by atoms with Crippen LogP contribution in [-0.2, 0) is 9.47 Å². The average Bonchev–Trinajstić information content (AvgIpc) is 2.66. The second-order valence-corrected chi connectivity index (χ2v) is 6.74. The van der Waals surface area contributed by atoms with Gasteiger partial charge in [0.1, 0.15) is 18.5 Å². The molecule has 0 radical (unpaired) electrons. The number of β-amino-alcohol motifs (C(OH)–C–C–N with tert-alkyl or cyclic N) is 1. The standard InChI is InChI=1S/C19H27NO5/c1-23-19(22)14-6-8-16(9-7-14)25-13-15(21)12-20-10-11-24-18-5-3-2-4-17(18)20/h6-9,15,17-18,21H,2-5,10-13H2,1H3/t15-,17+,18+/m1/s1. The van der Waals surface area contributed by atoms with E-state index in [1.54, 1.807) is 24.3 Å². The third kappa shape index (κ3) is 4.71. The molecule has 1 aliphatic carbocycles. The molecule has 1 N–H and O–H groups in total. The molecule has 3 rings (SSSR count). The molecule has 2 aliphatic rings. The second-order valence-electron chi connectivity index (χ2n) is 6.74. The van der Waals surface area contributed by atoms with Crippen LogP contribution in [-0.4, -0.2) is 67.6 Å². The van der Waals surface area contributed by atoms with Crippen molar-refractivity contribution in [1.82, 2.24) is 4.90 Å².